The van der Waals surface area contributed by atoms with Crippen LogP contribution in [0.2, 0.25) is 0 Å². The Kier molecular flexibility index (Phi) is 6.11. The summed E-state index contributed by atoms with van der Waals surface area (Å²) in [5.74, 6) is 1.36. The second-order valence-electron chi connectivity index (χ2n) is 6.16. The number of amides is 2. The third kappa shape index (κ3) is 4.79. The number of nitrogens with one attached hydrogen (secondary N) is 2. The first-order valence-electron chi connectivity index (χ1n) is 8.82. The van der Waals surface area contributed by atoms with Gasteiger partial charge < -0.3 is 19.0 Å². The van der Waals surface area contributed by atoms with Crippen LogP contribution in [0.5, 0.6) is 5.75 Å². The lowest BCUT2D eigenvalue weighted by molar-refractivity contribution is -0.124. The van der Waals surface area contributed by atoms with Gasteiger partial charge in [-0.2, -0.15) is 0 Å². The van der Waals surface area contributed by atoms with Gasteiger partial charge in [0, 0.05) is 25.5 Å². The Hall–Kier alpha value is -3.55. The van der Waals surface area contributed by atoms with E-state index in [1.54, 1.807) is 36.3 Å². The summed E-state index contributed by atoms with van der Waals surface area (Å²) in [5, 5.41) is 5.44. The highest BCUT2D eigenvalue weighted by molar-refractivity contribution is 5.92. The number of methoxy groups -OCH3 is 1. The minimum Gasteiger partial charge on any atom is -0.497 e. The van der Waals surface area contributed by atoms with Crippen molar-refractivity contribution in [3.05, 3.63) is 54.6 Å². The molecule has 0 unspecified atom stereocenters. The monoisotopic (exact) mass is 382 g/mol. The van der Waals surface area contributed by atoms with Crippen LogP contribution in [0.15, 0.2) is 53.3 Å². The maximum atomic E-state index is 12.2. The van der Waals surface area contributed by atoms with Gasteiger partial charge in [-0.1, -0.05) is 0 Å². The number of imidazole rings is 1. The minimum atomic E-state index is -0.275. The number of carbonyl (C=O) groups is 2. The highest BCUT2D eigenvalue weighted by atomic mass is 16.5. The summed E-state index contributed by atoms with van der Waals surface area (Å²) in [5.41, 5.74) is 1.81. The van der Waals surface area contributed by atoms with Crippen molar-refractivity contribution in [2.45, 2.75) is 19.4 Å². The molecule has 2 aromatic heterocycles. The average Bonchev–Trinajstić information content (AvgIpc) is 3.35. The minimum absolute atomic E-state index is 0.0642. The zero-order valence-corrected chi connectivity index (χ0v) is 15.8. The first kappa shape index (κ1) is 19.2. The predicted octanol–water partition coefficient (Wildman–Crippen LogP) is 2.72. The fraction of sp³-hybridized carbons (Fsp3) is 0.250. The third-order valence-corrected chi connectivity index (χ3v) is 4.24. The van der Waals surface area contributed by atoms with Crippen molar-refractivity contribution in [2.75, 3.05) is 12.4 Å². The van der Waals surface area contributed by atoms with E-state index in [0.29, 0.717) is 18.3 Å². The zero-order valence-electron chi connectivity index (χ0n) is 15.8. The molecule has 0 atom stereocenters. The maximum Gasteiger partial charge on any atom is 0.227 e. The number of nitrogens with zero attached hydrogens (tertiary/aromatic N) is 2. The molecular formula is C20H22N4O4. The van der Waals surface area contributed by atoms with Crippen LogP contribution in [0.25, 0.3) is 11.3 Å². The molecule has 0 fully saturated rings. The van der Waals surface area contributed by atoms with Gasteiger partial charge in [-0.05, 0) is 36.4 Å². The smallest absolute Gasteiger partial charge is 0.227 e. The average molecular weight is 382 g/mol. The number of carbonyl (C=O) groups excluding carboxylic acids is 2. The van der Waals surface area contributed by atoms with Crippen LogP contribution in [0.3, 0.4) is 0 Å². The third-order valence-electron chi connectivity index (χ3n) is 4.24. The van der Waals surface area contributed by atoms with Gasteiger partial charge in [-0.25, -0.2) is 4.98 Å². The van der Waals surface area contributed by atoms with E-state index in [1.807, 2.05) is 31.3 Å². The van der Waals surface area contributed by atoms with Crippen LogP contribution < -0.4 is 15.4 Å². The SMILES string of the molecule is COc1ccc(-c2cnc(NC(=O)CCC(=O)NCc3ccco3)n2C)cc1. The number of furan rings is 1. The summed E-state index contributed by atoms with van der Waals surface area (Å²) < 4.78 is 12.1. The second-order valence-corrected chi connectivity index (χ2v) is 6.16. The molecule has 0 bridgehead atoms. The Morgan fingerprint density at radius 2 is 1.89 bits per heavy atom. The molecule has 2 amide bonds. The lowest BCUT2D eigenvalue weighted by Gasteiger charge is -2.08. The van der Waals surface area contributed by atoms with Gasteiger partial charge in [0.15, 0.2) is 0 Å². The van der Waals surface area contributed by atoms with Crippen molar-refractivity contribution in [3.8, 4) is 17.0 Å². The number of aromatic nitrogens is 2. The van der Waals surface area contributed by atoms with Crippen molar-refractivity contribution < 1.29 is 18.7 Å². The Morgan fingerprint density at radius 1 is 1.14 bits per heavy atom. The number of rotatable bonds is 8. The lowest BCUT2D eigenvalue weighted by atomic mass is 10.1. The number of hydrogen-bond acceptors (Lipinski definition) is 5. The van der Waals surface area contributed by atoms with Crippen molar-refractivity contribution in [2.24, 2.45) is 7.05 Å². The Balaban J connectivity index is 1.51. The fourth-order valence-electron chi connectivity index (χ4n) is 2.66. The van der Waals surface area contributed by atoms with E-state index in [-0.39, 0.29) is 24.7 Å². The second kappa shape index (κ2) is 8.90. The van der Waals surface area contributed by atoms with Gasteiger partial charge in [-0.15, -0.1) is 0 Å². The maximum absolute atomic E-state index is 12.2. The molecule has 0 radical (unpaired) electrons. The van der Waals surface area contributed by atoms with Crippen molar-refractivity contribution >= 4 is 17.8 Å². The number of ether oxygens (including phenoxy) is 1. The molecule has 0 spiro atoms. The highest BCUT2D eigenvalue weighted by Gasteiger charge is 2.13. The molecule has 3 rings (SSSR count). The van der Waals surface area contributed by atoms with E-state index >= 15 is 0 Å². The molecule has 0 aliphatic heterocycles. The summed E-state index contributed by atoms with van der Waals surface area (Å²) >= 11 is 0. The highest BCUT2D eigenvalue weighted by Crippen LogP contribution is 2.24. The summed E-state index contributed by atoms with van der Waals surface area (Å²) in [6.07, 6.45) is 3.38. The van der Waals surface area contributed by atoms with E-state index in [0.717, 1.165) is 17.0 Å². The topological polar surface area (TPSA) is 98.4 Å². The summed E-state index contributed by atoms with van der Waals surface area (Å²) in [4.78, 5) is 28.3. The summed E-state index contributed by atoms with van der Waals surface area (Å²) in [6, 6.07) is 11.1. The van der Waals surface area contributed by atoms with E-state index in [4.69, 9.17) is 9.15 Å². The summed E-state index contributed by atoms with van der Waals surface area (Å²) in [7, 11) is 3.43. The van der Waals surface area contributed by atoms with Gasteiger partial charge in [0.2, 0.25) is 17.8 Å². The van der Waals surface area contributed by atoms with E-state index in [1.165, 1.54) is 0 Å². The molecule has 8 nitrogen and oxygen atoms in total. The van der Waals surface area contributed by atoms with Crippen LogP contribution in [0, 0.1) is 0 Å². The van der Waals surface area contributed by atoms with Crippen LogP contribution in [-0.4, -0.2) is 28.5 Å². The van der Waals surface area contributed by atoms with Crippen molar-refractivity contribution in [1.29, 1.82) is 0 Å². The molecule has 1 aromatic carbocycles. The number of anilines is 1. The first-order chi connectivity index (χ1) is 13.6. The molecule has 146 valence electrons. The van der Waals surface area contributed by atoms with Crippen LogP contribution in [0.4, 0.5) is 5.95 Å². The number of benzene rings is 1. The Morgan fingerprint density at radius 3 is 2.57 bits per heavy atom. The molecule has 28 heavy (non-hydrogen) atoms. The molecule has 8 heteroatoms. The molecule has 0 saturated carbocycles. The Bertz CT molecular complexity index is 930. The predicted molar refractivity (Wildman–Crippen MR) is 104 cm³/mol. The van der Waals surface area contributed by atoms with E-state index in [9.17, 15) is 9.59 Å². The lowest BCUT2D eigenvalue weighted by Crippen LogP contribution is -2.24. The zero-order chi connectivity index (χ0) is 19.9. The summed E-state index contributed by atoms with van der Waals surface area (Å²) in [6.45, 7) is 0.304. The van der Waals surface area contributed by atoms with Gasteiger partial charge in [0.25, 0.3) is 0 Å². The van der Waals surface area contributed by atoms with E-state index in [2.05, 4.69) is 15.6 Å². The molecule has 0 aliphatic carbocycles. The molecule has 3 aromatic rings. The normalized spacial score (nSPS) is 10.5. The first-order valence-corrected chi connectivity index (χ1v) is 8.82. The van der Waals surface area contributed by atoms with Gasteiger partial charge in [0.05, 0.1) is 31.8 Å². The van der Waals surface area contributed by atoms with Crippen molar-refractivity contribution in [1.82, 2.24) is 14.9 Å². The largest absolute Gasteiger partial charge is 0.497 e. The number of hydrogen-bond donors (Lipinski definition) is 2. The standard InChI is InChI=1S/C20H22N4O4/c1-24-17(14-5-7-15(27-2)8-6-14)13-22-20(24)23-19(26)10-9-18(25)21-12-16-4-3-11-28-16/h3-8,11,13H,9-10,12H2,1-2H3,(H,21,25)(H,22,23,26). The van der Waals surface area contributed by atoms with Gasteiger partial charge in [0.1, 0.15) is 11.5 Å². The Labute approximate surface area is 162 Å². The fourth-order valence-corrected chi connectivity index (χ4v) is 2.66. The van der Waals surface area contributed by atoms with Gasteiger partial charge in [-0.3, -0.25) is 14.9 Å². The molecular weight excluding hydrogens is 360 g/mol. The van der Waals surface area contributed by atoms with Crippen LogP contribution in [0.1, 0.15) is 18.6 Å². The van der Waals surface area contributed by atoms with Crippen LogP contribution in [-0.2, 0) is 23.2 Å². The quantitative estimate of drug-likeness (QED) is 0.624. The van der Waals surface area contributed by atoms with Gasteiger partial charge >= 0.3 is 0 Å². The van der Waals surface area contributed by atoms with E-state index < -0.39 is 0 Å². The van der Waals surface area contributed by atoms with Crippen molar-refractivity contribution in [3.63, 3.8) is 0 Å². The molecule has 0 aliphatic rings. The molecule has 2 heterocycles. The molecule has 0 saturated heterocycles. The molecule has 2 N–H and O–H groups in total. The van der Waals surface area contributed by atoms with Crippen LogP contribution >= 0.6 is 0 Å².